The summed E-state index contributed by atoms with van der Waals surface area (Å²) in [6.45, 7) is -0.0661. The van der Waals surface area contributed by atoms with Crippen molar-refractivity contribution in [2.75, 3.05) is 5.32 Å². The lowest BCUT2D eigenvalue weighted by molar-refractivity contribution is -0.139. The van der Waals surface area contributed by atoms with E-state index in [1.807, 2.05) is 0 Å². The van der Waals surface area contributed by atoms with Crippen LogP contribution in [-0.2, 0) is 16.2 Å². The van der Waals surface area contributed by atoms with Crippen molar-refractivity contribution in [2.24, 2.45) is 0 Å². The van der Waals surface area contributed by atoms with Crippen LogP contribution in [0.2, 0.25) is 0 Å². The summed E-state index contributed by atoms with van der Waals surface area (Å²) in [5.41, 5.74) is 1.24. The number of anilines is 1. The fraction of sp³-hybridized carbons (Fsp3) is 0.200. The topological polar surface area (TPSA) is 86.6 Å². The summed E-state index contributed by atoms with van der Waals surface area (Å²) < 4.78 is 0. The van der Waals surface area contributed by atoms with Gasteiger partial charge in [0.25, 0.3) is 0 Å². The molecule has 1 rings (SSSR count). The first-order valence-corrected chi connectivity index (χ1v) is 4.33. The number of rotatable bonds is 4. The molecule has 1 aromatic carbocycles. The third-order valence-electron chi connectivity index (χ3n) is 1.73. The van der Waals surface area contributed by atoms with E-state index in [4.69, 9.17) is 10.2 Å². The fourth-order valence-corrected chi connectivity index (χ4v) is 1.04. The van der Waals surface area contributed by atoms with Gasteiger partial charge in [0.15, 0.2) is 0 Å². The van der Waals surface area contributed by atoms with Gasteiger partial charge in [-0.1, -0.05) is 12.1 Å². The van der Waals surface area contributed by atoms with Crippen molar-refractivity contribution in [3.05, 3.63) is 29.8 Å². The van der Waals surface area contributed by atoms with E-state index in [0.29, 0.717) is 5.69 Å². The average Bonchev–Trinajstić information content (AvgIpc) is 2.17. The zero-order chi connectivity index (χ0) is 11.3. The molecule has 0 aliphatic rings. The maximum Gasteiger partial charge on any atom is 0.312 e. The zero-order valence-electron chi connectivity index (χ0n) is 7.93. The highest BCUT2D eigenvalue weighted by Crippen LogP contribution is 2.09. The number of carboxylic acid groups (broad SMARTS) is 1. The van der Waals surface area contributed by atoms with Gasteiger partial charge in [0, 0.05) is 5.69 Å². The van der Waals surface area contributed by atoms with E-state index in [1.54, 1.807) is 24.3 Å². The Morgan fingerprint density at radius 3 is 2.27 bits per heavy atom. The summed E-state index contributed by atoms with van der Waals surface area (Å²) >= 11 is 0. The predicted molar refractivity (Wildman–Crippen MR) is 53.2 cm³/mol. The third kappa shape index (κ3) is 3.78. The van der Waals surface area contributed by atoms with Crippen LogP contribution in [0.5, 0.6) is 0 Å². The normalized spacial score (nSPS) is 9.67. The van der Waals surface area contributed by atoms with Crippen LogP contribution in [0.15, 0.2) is 24.3 Å². The Labute approximate surface area is 86.4 Å². The van der Waals surface area contributed by atoms with Crippen LogP contribution in [0, 0.1) is 0 Å². The van der Waals surface area contributed by atoms with Crippen molar-refractivity contribution in [3.8, 4) is 0 Å². The molecule has 1 aromatic rings. The Morgan fingerprint density at radius 1 is 1.20 bits per heavy atom. The molecule has 0 bridgehead atoms. The maximum atomic E-state index is 11.0. The molecule has 0 radical (unpaired) electrons. The third-order valence-corrected chi connectivity index (χ3v) is 1.73. The van der Waals surface area contributed by atoms with Crippen LogP contribution >= 0.6 is 0 Å². The van der Waals surface area contributed by atoms with Crippen molar-refractivity contribution < 1.29 is 19.8 Å². The first-order chi connectivity index (χ1) is 7.11. The molecule has 0 fully saturated rings. The number of carboxylic acids is 1. The number of aliphatic hydroxyl groups is 1. The Bertz CT molecular complexity index is 358. The highest BCUT2D eigenvalue weighted by Gasteiger charge is 2.07. The van der Waals surface area contributed by atoms with E-state index >= 15 is 0 Å². The molecule has 0 unspecified atom stereocenters. The molecule has 5 nitrogen and oxygen atoms in total. The van der Waals surface area contributed by atoms with Crippen molar-refractivity contribution >= 4 is 17.6 Å². The van der Waals surface area contributed by atoms with Gasteiger partial charge in [0.05, 0.1) is 6.61 Å². The van der Waals surface area contributed by atoms with Crippen molar-refractivity contribution in [2.45, 2.75) is 13.0 Å². The quantitative estimate of drug-likeness (QED) is 0.633. The molecule has 0 atom stereocenters. The SMILES string of the molecule is O=C(O)CC(=O)Nc1ccc(CO)cc1. The van der Waals surface area contributed by atoms with E-state index in [0.717, 1.165) is 5.56 Å². The molecular formula is C10H11NO4. The number of aliphatic carboxylic acids is 1. The molecule has 0 saturated carbocycles. The first kappa shape index (κ1) is 11.2. The monoisotopic (exact) mass is 209 g/mol. The van der Waals surface area contributed by atoms with E-state index in [-0.39, 0.29) is 6.61 Å². The minimum atomic E-state index is -1.17. The van der Waals surface area contributed by atoms with Gasteiger partial charge >= 0.3 is 5.97 Å². The lowest BCUT2D eigenvalue weighted by atomic mass is 10.2. The smallest absolute Gasteiger partial charge is 0.312 e. The largest absolute Gasteiger partial charge is 0.481 e. The predicted octanol–water partition coefficient (Wildman–Crippen LogP) is 0.592. The summed E-state index contributed by atoms with van der Waals surface area (Å²) in [5, 5.41) is 19.5. The van der Waals surface area contributed by atoms with Gasteiger partial charge in [0.1, 0.15) is 6.42 Å². The number of hydrogen-bond donors (Lipinski definition) is 3. The lowest BCUT2D eigenvalue weighted by Gasteiger charge is -2.03. The Hall–Kier alpha value is -1.88. The molecule has 0 aliphatic heterocycles. The molecule has 0 aromatic heterocycles. The standard InChI is InChI=1S/C10H11NO4/c12-6-7-1-3-8(4-2-7)11-9(13)5-10(14)15/h1-4,12H,5-6H2,(H,11,13)(H,14,15). The number of amides is 1. The molecule has 80 valence electrons. The van der Waals surface area contributed by atoms with E-state index < -0.39 is 18.3 Å². The van der Waals surface area contributed by atoms with E-state index in [2.05, 4.69) is 5.32 Å². The highest BCUT2D eigenvalue weighted by molar-refractivity contribution is 6.01. The molecule has 0 aliphatic carbocycles. The Kier molecular flexibility index (Phi) is 3.82. The molecule has 0 spiro atoms. The Balaban J connectivity index is 2.57. The second-order valence-electron chi connectivity index (χ2n) is 2.97. The number of carbonyl (C=O) groups is 2. The van der Waals surface area contributed by atoms with Crippen molar-refractivity contribution in [1.82, 2.24) is 0 Å². The molecular weight excluding hydrogens is 198 g/mol. The fourth-order valence-electron chi connectivity index (χ4n) is 1.04. The number of aliphatic hydroxyl groups excluding tert-OH is 1. The van der Waals surface area contributed by atoms with Crippen molar-refractivity contribution in [1.29, 1.82) is 0 Å². The van der Waals surface area contributed by atoms with Crippen molar-refractivity contribution in [3.63, 3.8) is 0 Å². The van der Waals surface area contributed by atoms with Crippen LogP contribution < -0.4 is 5.32 Å². The van der Waals surface area contributed by atoms with Gasteiger partial charge in [-0.15, -0.1) is 0 Å². The van der Waals surface area contributed by atoms with E-state index in [1.165, 1.54) is 0 Å². The van der Waals surface area contributed by atoms with Crippen LogP contribution in [0.25, 0.3) is 0 Å². The Morgan fingerprint density at radius 2 is 1.80 bits per heavy atom. The number of hydrogen-bond acceptors (Lipinski definition) is 3. The van der Waals surface area contributed by atoms with Gasteiger partial charge in [-0.05, 0) is 17.7 Å². The molecule has 0 heterocycles. The molecule has 5 heteroatoms. The van der Waals surface area contributed by atoms with Gasteiger partial charge < -0.3 is 15.5 Å². The first-order valence-electron chi connectivity index (χ1n) is 4.33. The zero-order valence-corrected chi connectivity index (χ0v) is 7.93. The van der Waals surface area contributed by atoms with Gasteiger partial charge in [-0.2, -0.15) is 0 Å². The molecule has 1 amide bonds. The van der Waals surface area contributed by atoms with Gasteiger partial charge in [-0.25, -0.2) is 0 Å². The summed E-state index contributed by atoms with van der Waals surface area (Å²) in [6.07, 6.45) is -0.554. The highest BCUT2D eigenvalue weighted by atomic mass is 16.4. The number of nitrogens with one attached hydrogen (secondary N) is 1. The van der Waals surface area contributed by atoms with Gasteiger partial charge in [-0.3, -0.25) is 9.59 Å². The number of carbonyl (C=O) groups excluding carboxylic acids is 1. The molecule has 3 N–H and O–H groups in total. The second kappa shape index (κ2) is 5.11. The van der Waals surface area contributed by atoms with Crippen LogP contribution in [-0.4, -0.2) is 22.1 Å². The molecule has 0 saturated heterocycles. The second-order valence-corrected chi connectivity index (χ2v) is 2.97. The lowest BCUT2D eigenvalue weighted by Crippen LogP contribution is -2.15. The van der Waals surface area contributed by atoms with Crippen LogP contribution in [0.4, 0.5) is 5.69 Å². The maximum absolute atomic E-state index is 11.0. The number of benzene rings is 1. The summed E-state index contributed by atoms with van der Waals surface area (Å²) in [4.78, 5) is 21.2. The van der Waals surface area contributed by atoms with Crippen LogP contribution in [0.1, 0.15) is 12.0 Å². The average molecular weight is 209 g/mol. The minimum absolute atomic E-state index is 0.0661. The van der Waals surface area contributed by atoms with Gasteiger partial charge in [0.2, 0.25) is 5.91 Å². The summed E-state index contributed by atoms with van der Waals surface area (Å²) in [6, 6.07) is 6.50. The molecule has 15 heavy (non-hydrogen) atoms. The van der Waals surface area contributed by atoms with Crippen LogP contribution in [0.3, 0.4) is 0 Å². The summed E-state index contributed by atoms with van der Waals surface area (Å²) in [7, 11) is 0. The van der Waals surface area contributed by atoms with E-state index in [9.17, 15) is 9.59 Å². The minimum Gasteiger partial charge on any atom is -0.481 e. The summed E-state index contributed by atoms with van der Waals surface area (Å²) in [5.74, 6) is -1.74.